The van der Waals surface area contributed by atoms with E-state index in [0.29, 0.717) is 17.2 Å². The third-order valence-corrected chi connectivity index (χ3v) is 5.28. The quantitative estimate of drug-likeness (QED) is 0.665. The number of carbonyl (C=O) groups is 1. The first-order chi connectivity index (χ1) is 12.7. The average Bonchev–Trinajstić information content (AvgIpc) is 3.35. The fourth-order valence-electron chi connectivity index (χ4n) is 2.58. The van der Waals surface area contributed by atoms with Gasteiger partial charge in [0, 0.05) is 11.6 Å². The lowest BCUT2D eigenvalue weighted by Gasteiger charge is -2.14. The molecule has 0 saturated heterocycles. The Morgan fingerprint density at radius 2 is 1.85 bits per heavy atom. The van der Waals surface area contributed by atoms with Gasteiger partial charge < -0.3 is 9.73 Å². The number of hydrogen-bond donors (Lipinski definition) is 1. The molecule has 132 valence electrons. The summed E-state index contributed by atoms with van der Waals surface area (Å²) in [6.07, 6.45) is 2.10. The van der Waals surface area contributed by atoms with Crippen LogP contribution in [0, 0.1) is 6.92 Å². The highest BCUT2D eigenvalue weighted by atomic mass is 32.2. The molecule has 1 fully saturated rings. The van der Waals surface area contributed by atoms with E-state index in [1.807, 2.05) is 61.5 Å². The number of benzene rings is 2. The maximum atomic E-state index is 12.7. The summed E-state index contributed by atoms with van der Waals surface area (Å²) in [6, 6.07) is 17.9. The molecule has 0 bridgehead atoms. The van der Waals surface area contributed by atoms with Gasteiger partial charge in [-0.25, -0.2) is 0 Å². The number of aromatic nitrogens is 2. The Morgan fingerprint density at radius 3 is 2.54 bits per heavy atom. The minimum Gasteiger partial charge on any atom is -0.411 e. The fraction of sp³-hybridized carbons (Fsp3) is 0.250. The van der Waals surface area contributed by atoms with Gasteiger partial charge in [-0.3, -0.25) is 4.79 Å². The molecule has 0 spiro atoms. The zero-order valence-corrected chi connectivity index (χ0v) is 15.2. The van der Waals surface area contributed by atoms with Gasteiger partial charge in [0.25, 0.3) is 5.22 Å². The minimum absolute atomic E-state index is 0.0150. The van der Waals surface area contributed by atoms with Crippen LogP contribution >= 0.6 is 11.8 Å². The van der Waals surface area contributed by atoms with Crippen molar-refractivity contribution in [2.45, 2.75) is 36.3 Å². The topological polar surface area (TPSA) is 68.0 Å². The summed E-state index contributed by atoms with van der Waals surface area (Å²) in [7, 11) is 0. The fourth-order valence-corrected chi connectivity index (χ4v) is 3.46. The first-order valence-corrected chi connectivity index (χ1v) is 9.49. The molecule has 1 saturated carbocycles. The van der Waals surface area contributed by atoms with Crippen molar-refractivity contribution in [1.29, 1.82) is 0 Å². The van der Waals surface area contributed by atoms with Crippen LogP contribution in [0.3, 0.4) is 0 Å². The van der Waals surface area contributed by atoms with Crippen LogP contribution < -0.4 is 5.32 Å². The van der Waals surface area contributed by atoms with E-state index in [1.165, 1.54) is 17.3 Å². The Hall–Kier alpha value is -2.60. The number of carbonyl (C=O) groups excluding carboxylic acids is 1. The molecule has 1 atom stereocenters. The van der Waals surface area contributed by atoms with Crippen molar-refractivity contribution in [3.8, 4) is 11.5 Å². The van der Waals surface area contributed by atoms with Gasteiger partial charge in [0.15, 0.2) is 0 Å². The summed E-state index contributed by atoms with van der Waals surface area (Å²) in [6.45, 7) is 2.03. The monoisotopic (exact) mass is 365 g/mol. The molecule has 1 aliphatic rings. The van der Waals surface area contributed by atoms with Crippen LogP contribution in [0.5, 0.6) is 0 Å². The van der Waals surface area contributed by atoms with Gasteiger partial charge in [0.2, 0.25) is 11.8 Å². The molecular formula is C20H19N3O2S. The molecule has 1 heterocycles. The number of rotatable bonds is 6. The molecule has 2 aromatic carbocycles. The second-order valence-electron chi connectivity index (χ2n) is 6.43. The summed E-state index contributed by atoms with van der Waals surface area (Å²) >= 11 is 1.29. The summed E-state index contributed by atoms with van der Waals surface area (Å²) in [4.78, 5) is 12.7. The van der Waals surface area contributed by atoms with Gasteiger partial charge >= 0.3 is 0 Å². The minimum atomic E-state index is -0.414. The zero-order valence-electron chi connectivity index (χ0n) is 14.4. The predicted octanol–water partition coefficient (Wildman–Crippen LogP) is 4.16. The van der Waals surface area contributed by atoms with Crippen molar-refractivity contribution >= 4 is 17.7 Å². The number of thioether (sulfide) groups is 1. The molecule has 0 radical (unpaired) electrons. The van der Waals surface area contributed by atoms with Crippen molar-refractivity contribution in [3.63, 3.8) is 0 Å². The number of amides is 1. The third-order valence-electron chi connectivity index (χ3n) is 4.19. The highest BCUT2D eigenvalue weighted by molar-refractivity contribution is 8.00. The molecular weight excluding hydrogens is 346 g/mol. The zero-order chi connectivity index (χ0) is 17.9. The van der Waals surface area contributed by atoms with Crippen molar-refractivity contribution in [2.75, 3.05) is 0 Å². The number of nitrogens with one attached hydrogen (secondary N) is 1. The Kier molecular flexibility index (Phi) is 4.75. The van der Waals surface area contributed by atoms with Gasteiger partial charge in [-0.1, -0.05) is 48.0 Å². The molecule has 1 aromatic heterocycles. The van der Waals surface area contributed by atoms with Crippen LogP contribution in [-0.4, -0.2) is 22.1 Å². The average molecular weight is 365 g/mol. The van der Waals surface area contributed by atoms with Crippen LogP contribution in [0.4, 0.5) is 0 Å². The normalized spacial score (nSPS) is 14.8. The van der Waals surface area contributed by atoms with E-state index in [2.05, 4.69) is 15.5 Å². The Morgan fingerprint density at radius 1 is 1.12 bits per heavy atom. The SMILES string of the molecule is Cc1ccc(-c2nnc(S[C@H](C(=O)NC3CC3)c3ccccc3)o2)cc1. The van der Waals surface area contributed by atoms with Gasteiger partial charge in [-0.15, -0.1) is 10.2 Å². The van der Waals surface area contributed by atoms with E-state index in [1.54, 1.807) is 0 Å². The molecule has 26 heavy (non-hydrogen) atoms. The molecule has 1 aliphatic carbocycles. The molecule has 0 aliphatic heterocycles. The lowest BCUT2D eigenvalue weighted by molar-refractivity contribution is -0.120. The summed E-state index contributed by atoms with van der Waals surface area (Å²) in [5.41, 5.74) is 2.96. The Labute approximate surface area is 156 Å². The maximum absolute atomic E-state index is 12.7. The van der Waals surface area contributed by atoms with E-state index < -0.39 is 5.25 Å². The van der Waals surface area contributed by atoms with Gasteiger partial charge in [-0.05, 0) is 49.2 Å². The first kappa shape index (κ1) is 16.8. The lowest BCUT2D eigenvalue weighted by Crippen LogP contribution is -2.29. The number of aryl methyl sites for hydroxylation is 1. The predicted molar refractivity (Wildman–Crippen MR) is 101 cm³/mol. The van der Waals surface area contributed by atoms with Crippen molar-refractivity contribution in [1.82, 2.24) is 15.5 Å². The highest BCUT2D eigenvalue weighted by Crippen LogP contribution is 2.36. The number of nitrogens with zero attached hydrogens (tertiary/aromatic N) is 2. The van der Waals surface area contributed by atoms with Crippen LogP contribution in [0.15, 0.2) is 64.2 Å². The molecule has 1 N–H and O–H groups in total. The summed E-state index contributed by atoms with van der Waals surface area (Å²) in [5, 5.41) is 11.3. The molecule has 1 amide bonds. The summed E-state index contributed by atoms with van der Waals surface area (Å²) in [5.74, 6) is 0.445. The molecule has 0 unspecified atom stereocenters. The van der Waals surface area contributed by atoms with Gasteiger partial charge in [0.05, 0.1) is 0 Å². The summed E-state index contributed by atoms with van der Waals surface area (Å²) < 4.78 is 5.79. The maximum Gasteiger partial charge on any atom is 0.277 e. The molecule has 3 aromatic rings. The van der Waals surface area contributed by atoms with Gasteiger partial charge in [0.1, 0.15) is 5.25 Å². The van der Waals surface area contributed by atoms with E-state index in [0.717, 1.165) is 24.0 Å². The second-order valence-corrected chi connectivity index (χ2v) is 7.49. The van der Waals surface area contributed by atoms with Crippen LogP contribution in [0.1, 0.15) is 29.2 Å². The van der Waals surface area contributed by atoms with Crippen LogP contribution in [-0.2, 0) is 4.79 Å². The largest absolute Gasteiger partial charge is 0.411 e. The molecule has 6 heteroatoms. The first-order valence-electron chi connectivity index (χ1n) is 8.61. The number of hydrogen-bond acceptors (Lipinski definition) is 5. The lowest BCUT2D eigenvalue weighted by atomic mass is 10.1. The van der Waals surface area contributed by atoms with Gasteiger partial charge in [-0.2, -0.15) is 0 Å². The van der Waals surface area contributed by atoms with E-state index in [9.17, 15) is 4.79 Å². The van der Waals surface area contributed by atoms with Crippen molar-refractivity contribution < 1.29 is 9.21 Å². The third kappa shape index (κ3) is 3.96. The highest BCUT2D eigenvalue weighted by Gasteiger charge is 2.30. The van der Waals surface area contributed by atoms with E-state index in [4.69, 9.17) is 4.42 Å². The van der Waals surface area contributed by atoms with Crippen LogP contribution in [0.2, 0.25) is 0 Å². The van der Waals surface area contributed by atoms with Crippen molar-refractivity contribution in [3.05, 3.63) is 65.7 Å². The molecule has 4 rings (SSSR count). The smallest absolute Gasteiger partial charge is 0.277 e. The standard InChI is InChI=1S/C20H19N3O2S/c1-13-7-9-15(10-8-13)19-22-23-20(25-19)26-17(14-5-3-2-4-6-14)18(24)21-16-11-12-16/h2-10,16-17H,11-12H2,1H3,(H,21,24)/t17-/m0/s1. The van der Waals surface area contributed by atoms with Crippen LogP contribution in [0.25, 0.3) is 11.5 Å². The molecule has 5 nitrogen and oxygen atoms in total. The Balaban J connectivity index is 1.55. The van der Waals surface area contributed by atoms with E-state index in [-0.39, 0.29) is 5.91 Å². The second kappa shape index (κ2) is 7.33. The Bertz CT molecular complexity index is 889. The van der Waals surface area contributed by atoms with E-state index >= 15 is 0 Å². The van der Waals surface area contributed by atoms with Crippen molar-refractivity contribution in [2.24, 2.45) is 0 Å².